The summed E-state index contributed by atoms with van der Waals surface area (Å²) in [4.78, 5) is 18.6. The number of nitrogens with zero attached hydrogens (tertiary/aromatic N) is 2. The highest BCUT2D eigenvalue weighted by Gasteiger charge is 2.30. The molecule has 2 rings (SSSR count). The van der Waals surface area contributed by atoms with Gasteiger partial charge in [0.1, 0.15) is 5.82 Å². The maximum absolute atomic E-state index is 12.6. The molecule has 1 heterocycles. The van der Waals surface area contributed by atoms with Crippen molar-refractivity contribution in [1.82, 2.24) is 4.98 Å². The molecule has 26 heavy (non-hydrogen) atoms. The Hall–Kier alpha value is -2.57. The minimum Gasteiger partial charge on any atom is -0.370 e. The standard InChI is InChI=1S/C19H22F3N3O/c1-3-11-25(12-4-2)16-9-10-17(23-13-16)24-18(26)14-5-7-15(8-6-14)19(20,21)22/h5-10,13H,3-4,11-12H2,1-2H3,(H,23,24,26). The summed E-state index contributed by atoms with van der Waals surface area (Å²) in [6, 6.07) is 7.64. The Labute approximate surface area is 151 Å². The summed E-state index contributed by atoms with van der Waals surface area (Å²) < 4.78 is 37.7. The smallest absolute Gasteiger partial charge is 0.370 e. The van der Waals surface area contributed by atoms with Gasteiger partial charge in [-0.3, -0.25) is 4.79 Å². The summed E-state index contributed by atoms with van der Waals surface area (Å²) in [6.07, 6.45) is -0.693. The molecule has 0 atom stereocenters. The molecule has 0 bridgehead atoms. The van der Waals surface area contributed by atoms with Gasteiger partial charge in [-0.25, -0.2) is 4.98 Å². The van der Waals surface area contributed by atoms with Crippen LogP contribution < -0.4 is 10.2 Å². The fourth-order valence-electron chi connectivity index (χ4n) is 2.56. The van der Waals surface area contributed by atoms with Crippen LogP contribution in [0.4, 0.5) is 24.7 Å². The minimum absolute atomic E-state index is 0.141. The lowest BCUT2D eigenvalue weighted by Gasteiger charge is -2.23. The third-order valence-corrected chi connectivity index (χ3v) is 3.82. The highest BCUT2D eigenvalue weighted by molar-refractivity contribution is 6.03. The fourth-order valence-corrected chi connectivity index (χ4v) is 2.56. The van der Waals surface area contributed by atoms with Gasteiger partial charge in [-0.2, -0.15) is 13.2 Å². The Balaban J connectivity index is 2.05. The van der Waals surface area contributed by atoms with Crippen molar-refractivity contribution in [1.29, 1.82) is 0 Å². The molecule has 0 unspecified atom stereocenters. The number of pyridine rings is 1. The second kappa shape index (κ2) is 8.69. The largest absolute Gasteiger partial charge is 0.416 e. The van der Waals surface area contributed by atoms with Crippen molar-refractivity contribution in [3.05, 3.63) is 53.7 Å². The molecular weight excluding hydrogens is 343 g/mol. The van der Waals surface area contributed by atoms with Crippen LogP contribution in [0.1, 0.15) is 42.6 Å². The average molecular weight is 365 g/mol. The molecule has 1 aromatic heterocycles. The van der Waals surface area contributed by atoms with Crippen molar-refractivity contribution >= 4 is 17.4 Å². The molecule has 7 heteroatoms. The van der Waals surface area contributed by atoms with Crippen molar-refractivity contribution in [2.24, 2.45) is 0 Å². The first-order chi connectivity index (χ1) is 12.3. The lowest BCUT2D eigenvalue weighted by molar-refractivity contribution is -0.137. The predicted molar refractivity (Wildman–Crippen MR) is 96.4 cm³/mol. The van der Waals surface area contributed by atoms with Crippen molar-refractivity contribution in [2.45, 2.75) is 32.9 Å². The van der Waals surface area contributed by atoms with Crippen LogP contribution in [0.25, 0.3) is 0 Å². The van der Waals surface area contributed by atoms with Crippen LogP contribution in [0.3, 0.4) is 0 Å². The number of hydrogen-bond acceptors (Lipinski definition) is 3. The molecule has 0 aliphatic carbocycles. The van der Waals surface area contributed by atoms with Crippen molar-refractivity contribution in [2.75, 3.05) is 23.3 Å². The van der Waals surface area contributed by atoms with Crippen molar-refractivity contribution in [3.8, 4) is 0 Å². The van der Waals surface area contributed by atoms with Gasteiger partial charge in [0.15, 0.2) is 0 Å². The molecule has 0 radical (unpaired) electrons. The van der Waals surface area contributed by atoms with E-state index in [1.807, 2.05) is 6.07 Å². The molecule has 1 amide bonds. The van der Waals surface area contributed by atoms with Crippen molar-refractivity contribution < 1.29 is 18.0 Å². The molecule has 4 nitrogen and oxygen atoms in total. The SMILES string of the molecule is CCCN(CCC)c1ccc(NC(=O)c2ccc(C(F)(F)F)cc2)nc1. The van der Waals surface area contributed by atoms with E-state index in [-0.39, 0.29) is 5.56 Å². The Morgan fingerprint density at radius 3 is 2.12 bits per heavy atom. The zero-order valence-corrected chi connectivity index (χ0v) is 14.8. The summed E-state index contributed by atoms with van der Waals surface area (Å²) in [5.74, 6) is -0.149. The van der Waals surface area contributed by atoms with Gasteiger partial charge in [-0.05, 0) is 49.2 Å². The quantitative estimate of drug-likeness (QED) is 0.753. The van der Waals surface area contributed by atoms with Crippen LogP contribution in [0.5, 0.6) is 0 Å². The number of benzene rings is 1. The molecule has 0 spiro atoms. The molecule has 0 fully saturated rings. The van der Waals surface area contributed by atoms with Crippen LogP contribution in [-0.2, 0) is 6.18 Å². The second-order valence-electron chi connectivity index (χ2n) is 5.92. The van der Waals surface area contributed by atoms with Gasteiger partial charge in [-0.15, -0.1) is 0 Å². The third-order valence-electron chi connectivity index (χ3n) is 3.82. The molecular formula is C19H22F3N3O. The van der Waals surface area contributed by atoms with Gasteiger partial charge in [-0.1, -0.05) is 13.8 Å². The maximum atomic E-state index is 12.6. The van der Waals surface area contributed by atoms with Gasteiger partial charge in [0.25, 0.3) is 5.91 Å². The summed E-state index contributed by atoms with van der Waals surface area (Å²) in [7, 11) is 0. The number of nitrogens with one attached hydrogen (secondary N) is 1. The Kier molecular flexibility index (Phi) is 6.60. The lowest BCUT2D eigenvalue weighted by atomic mass is 10.1. The molecule has 140 valence electrons. The number of alkyl halides is 3. The highest BCUT2D eigenvalue weighted by atomic mass is 19.4. The average Bonchev–Trinajstić information content (AvgIpc) is 2.61. The zero-order valence-electron chi connectivity index (χ0n) is 14.8. The van der Waals surface area contributed by atoms with Gasteiger partial charge < -0.3 is 10.2 Å². The Morgan fingerprint density at radius 2 is 1.65 bits per heavy atom. The first-order valence-electron chi connectivity index (χ1n) is 8.54. The Bertz CT molecular complexity index is 706. The number of rotatable bonds is 7. The van der Waals surface area contributed by atoms with Crippen LogP contribution in [-0.4, -0.2) is 24.0 Å². The van der Waals surface area contributed by atoms with E-state index in [1.165, 1.54) is 0 Å². The lowest BCUT2D eigenvalue weighted by Crippen LogP contribution is -2.25. The van der Waals surface area contributed by atoms with Gasteiger partial charge >= 0.3 is 6.18 Å². The molecule has 2 aromatic rings. The van der Waals surface area contributed by atoms with Crippen LogP contribution in [0.2, 0.25) is 0 Å². The highest BCUT2D eigenvalue weighted by Crippen LogP contribution is 2.29. The van der Waals surface area contributed by atoms with E-state index in [1.54, 1.807) is 12.3 Å². The van der Waals surface area contributed by atoms with E-state index in [0.717, 1.165) is 55.9 Å². The molecule has 0 aliphatic rings. The van der Waals surface area contributed by atoms with E-state index in [4.69, 9.17) is 0 Å². The molecule has 0 saturated carbocycles. The number of halogens is 3. The van der Waals surface area contributed by atoms with Crippen LogP contribution in [0, 0.1) is 0 Å². The summed E-state index contributed by atoms with van der Waals surface area (Å²) in [6.45, 7) is 6.06. The normalized spacial score (nSPS) is 11.3. The molecule has 1 N–H and O–H groups in total. The van der Waals surface area contributed by atoms with Crippen LogP contribution in [0.15, 0.2) is 42.6 Å². The monoisotopic (exact) mass is 365 g/mol. The number of carbonyl (C=O) groups excluding carboxylic acids is 1. The molecule has 0 aliphatic heterocycles. The number of anilines is 2. The van der Waals surface area contributed by atoms with Crippen LogP contribution >= 0.6 is 0 Å². The van der Waals surface area contributed by atoms with Crippen molar-refractivity contribution in [3.63, 3.8) is 0 Å². The maximum Gasteiger partial charge on any atom is 0.416 e. The number of amides is 1. The second-order valence-corrected chi connectivity index (χ2v) is 5.92. The van der Waals surface area contributed by atoms with E-state index in [0.29, 0.717) is 5.82 Å². The summed E-state index contributed by atoms with van der Waals surface area (Å²) in [5, 5.41) is 2.60. The van der Waals surface area contributed by atoms with E-state index in [9.17, 15) is 18.0 Å². The minimum atomic E-state index is -4.42. The topological polar surface area (TPSA) is 45.2 Å². The Morgan fingerprint density at radius 1 is 1.04 bits per heavy atom. The van der Waals surface area contributed by atoms with Gasteiger partial charge in [0.05, 0.1) is 17.4 Å². The first-order valence-corrected chi connectivity index (χ1v) is 8.54. The summed E-state index contributed by atoms with van der Waals surface area (Å²) in [5.41, 5.74) is 0.326. The van der Waals surface area contributed by atoms with E-state index in [2.05, 4.69) is 29.0 Å². The number of aromatic nitrogens is 1. The molecule has 0 saturated heterocycles. The third kappa shape index (κ3) is 5.21. The van der Waals surface area contributed by atoms with E-state index >= 15 is 0 Å². The fraction of sp³-hybridized carbons (Fsp3) is 0.368. The number of hydrogen-bond donors (Lipinski definition) is 1. The van der Waals surface area contributed by atoms with Gasteiger partial charge in [0.2, 0.25) is 0 Å². The van der Waals surface area contributed by atoms with Gasteiger partial charge in [0, 0.05) is 18.7 Å². The molecule has 1 aromatic carbocycles. The predicted octanol–water partition coefficient (Wildman–Crippen LogP) is 4.98. The summed E-state index contributed by atoms with van der Waals surface area (Å²) >= 11 is 0. The zero-order chi connectivity index (χ0) is 19.2. The van der Waals surface area contributed by atoms with E-state index < -0.39 is 17.6 Å². The number of carbonyl (C=O) groups is 1. The first kappa shape index (κ1) is 19.8.